The molecule has 0 aliphatic heterocycles. The quantitative estimate of drug-likeness (QED) is 0.813. The first-order valence-electron chi connectivity index (χ1n) is 8.46. The van der Waals surface area contributed by atoms with Crippen LogP contribution in [-0.2, 0) is 22.4 Å². The van der Waals surface area contributed by atoms with Crippen molar-refractivity contribution in [3.8, 4) is 0 Å². The number of carboxylic acids is 1. The highest BCUT2D eigenvalue weighted by molar-refractivity contribution is 5.79. The number of carboxylic acid groups (broad SMARTS) is 1. The molecular formula is C21H25NO3. The molecule has 25 heavy (non-hydrogen) atoms. The lowest BCUT2D eigenvalue weighted by Crippen LogP contribution is -2.39. The fourth-order valence-electron chi connectivity index (χ4n) is 2.77. The van der Waals surface area contributed by atoms with Crippen LogP contribution in [0.4, 0.5) is 0 Å². The predicted molar refractivity (Wildman–Crippen MR) is 98.7 cm³/mol. The van der Waals surface area contributed by atoms with Crippen LogP contribution in [-0.4, -0.2) is 23.0 Å². The zero-order valence-electron chi connectivity index (χ0n) is 15.0. The molecule has 4 nitrogen and oxygen atoms in total. The molecule has 0 heterocycles. The van der Waals surface area contributed by atoms with E-state index >= 15 is 0 Å². The fraction of sp³-hybridized carbons (Fsp3) is 0.333. The monoisotopic (exact) mass is 339 g/mol. The lowest BCUT2D eigenvalue weighted by atomic mass is 10.0. The van der Waals surface area contributed by atoms with Gasteiger partial charge < -0.3 is 10.4 Å². The average Bonchev–Trinajstić information content (AvgIpc) is 2.52. The summed E-state index contributed by atoms with van der Waals surface area (Å²) in [7, 11) is 0. The van der Waals surface area contributed by atoms with Gasteiger partial charge in [0.05, 0.1) is 12.8 Å². The maximum Gasteiger partial charge on any atom is 0.305 e. The number of aliphatic carboxylic acids is 1. The molecule has 0 aliphatic carbocycles. The molecule has 0 fully saturated rings. The van der Waals surface area contributed by atoms with E-state index in [4.69, 9.17) is 5.11 Å². The van der Waals surface area contributed by atoms with Crippen molar-refractivity contribution in [1.29, 1.82) is 0 Å². The van der Waals surface area contributed by atoms with Gasteiger partial charge in [-0.3, -0.25) is 9.59 Å². The van der Waals surface area contributed by atoms with Gasteiger partial charge in [0.1, 0.15) is 0 Å². The van der Waals surface area contributed by atoms with Gasteiger partial charge in [-0.25, -0.2) is 0 Å². The van der Waals surface area contributed by atoms with E-state index in [1.54, 1.807) is 0 Å². The Bertz CT molecular complexity index is 750. The van der Waals surface area contributed by atoms with Gasteiger partial charge in [-0.1, -0.05) is 48.0 Å². The number of benzene rings is 2. The molecule has 1 atom stereocenters. The average molecular weight is 339 g/mol. The second kappa shape index (κ2) is 8.47. The number of nitrogens with one attached hydrogen (secondary N) is 1. The van der Waals surface area contributed by atoms with Crippen molar-refractivity contribution in [1.82, 2.24) is 5.32 Å². The largest absolute Gasteiger partial charge is 0.481 e. The number of hydrogen-bond acceptors (Lipinski definition) is 2. The molecule has 2 rings (SSSR count). The van der Waals surface area contributed by atoms with E-state index in [9.17, 15) is 9.59 Å². The van der Waals surface area contributed by atoms with Gasteiger partial charge in [0.25, 0.3) is 0 Å². The molecule has 2 aromatic carbocycles. The highest BCUT2D eigenvalue weighted by Gasteiger charge is 2.17. The van der Waals surface area contributed by atoms with Gasteiger partial charge in [0, 0.05) is 6.04 Å². The molecule has 2 aromatic rings. The molecule has 0 bridgehead atoms. The van der Waals surface area contributed by atoms with Gasteiger partial charge in [-0.15, -0.1) is 0 Å². The number of carbonyl (C=O) groups is 2. The first-order chi connectivity index (χ1) is 11.8. The predicted octanol–water partition coefficient (Wildman–Crippen LogP) is 3.36. The van der Waals surface area contributed by atoms with Gasteiger partial charge in [0.2, 0.25) is 5.91 Å². The van der Waals surface area contributed by atoms with Crippen molar-refractivity contribution in [3.05, 3.63) is 70.3 Å². The minimum atomic E-state index is -0.913. The van der Waals surface area contributed by atoms with E-state index < -0.39 is 12.0 Å². The summed E-state index contributed by atoms with van der Waals surface area (Å²) < 4.78 is 0. The molecule has 2 N–H and O–H groups in total. The smallest absolute Gasteiger partial charge is 0.305 e. The van der Waals surface area contributed by atoms with Crippen molar-refractivity contribution in [2.45, 2.75) is 46.1 Å². The topological polar surface area (TPSA) is 66.4 Å². The lowest BCUT2D eigenvalue weighted by Gasteiger charge is -2.17. The van der Waals surface area contributed by atoms with Crippen molar-refractivity contribution in [2.24, 2.45) is 0 Å². The Morgan fingerprint density at radius 2 is 1.60 bits per heavy atom. The Hall–Kier alpha value is -2.62. The van der Waals surface area contributed by atoms with Crippen LogP contribution in [0.1, 0.15) is 34.2 Å². The molecule has 132 valence electrons. The summed E-state index contributed by atoms with van der Waals surface area (Å²) >= 11 is 0. The summed E-state index contributed by atoms with van der Waals surface area (Å²) in [5.74, 6) is -1.06. The third-order valence-corrected chi connectivity index (χ3v) is 4.32. The van der Waals surface area contributed by atoms with E-state index in [1.807, 2.05) is 63.2 Å². The lowest BCUT2D eigenvalue weighted by molar-refractivity contribution is -0.137. The first kappa shape index (κ1) is 18.7. The maximum atomic E-state index is 12.3. The number of rotatable bonds is 7. The molecule has 0 saturated heterocycles. The molecule has 1 unspecified atom stereocenters. The van der Waals surface area contributed by atoms with Crippen LogP contribution < -0.4 is 5.32 Å². The highest BCUT2D eigenvalue weighted by Crippen LogP contribution is 2.12. The Morgan fingerprint density at radius 1 is 0.960 bits per heavy atom. The molecule has 0 radical (unpaired) electrons. The zero-order valence-corrected chi connectivity index (χ0v) is 15.0. The molecule has 1 amide bonds. The molecule has 0 aromatic heterocycles. The van der Waals surface area contributed by atoms with E-state index in [0.717, 1.165) is 22.3 Å². The van der Waals surface area contributed by atoms with Gasteiger partial charge in [-0.05, 0) is 49.4 Å². The minimum Gasteiger partial charge on any atom is -0.481 e. The summed E-state index contributed by atoms with van der Waals surface area (Å²) in [4.78, 5) is 23.5. The third-order valence-electron chi connectivity index (χ3n) is 4.32. The molecule has 0 aliphatic rings. The van der Waals surface area contributed by atoms with Crippen molar-refractivity contribution < 1.29 is 14.7 Å². The Morgan fingerprint density at radius 3 is 2.20 bits per heavy atom. The van der Waals surface area contributed by atoms with Crippen molar-refractivity contribution in [2.75, 3.05) is 0 Å². The summed E-state index contributed by atoms with van der Waals surface area (Å²) in [6.45, 7) is 6.05. The van der Waals surface area contributed by atoms with E-state index in [0.29, 0.717) is 6.42 Å². The third kappa shape index (κ3) is 6.07. The van der Waals surface area contributed by atoms with E-state index in [-0.39, 0.29) is 18.7 Å². The van der Waals surface area contributed by atoms with Crippen LogP contribution in [0, 0.1) is 20.8 Å². The molecule has 0 saturated carbocycles. The Labute approximate surface area is 148 Å². The number of aryl methyl sites for hydroxylation is 3. The van der Waals surface area contributed by atoms with Gasteiger partial charge >= 0.3 is 5.97 Å². The first-order valence-corrected chi connectivity index (χ1v) is 8.46. The van der Waals surface area contributed by atoms with Crippen molar-refractivity contribution >= 4 is 11.9 Å². The standard InChI is InChI=1S/C21H25NO3/c1-14-4-7-17(8-5-14)11-19(13-21(24)25)22-20(23)12-18-9-6-15(2)16(3)10-18/h4-10,19H,11-13H2,1-3H3,(H,22,23)(H,24,25). The van der Waals surface area contributed by atoms with E-state index in [1.165, 1.54) is 5.56 Å². The summed E-state index contributed by atoms with van der Waals surface area (Å²) in [5, 5.41) is 12.0. The van der Waals surface area contributed by atoms with Crippen LogP contribution in [0.25, 0.3) is 0 Å². The van der Waals surface area contributed by atoms with Crippen molar-refractivity contribution in [3.63, 3.8) is 0 Å². The Balaban J connectivity index is 2.02. The van der Waals surface area contributed by atoms with Gasteiger partial charge in [-0.2, -0.15) is 0 Å². The summed E-state index contributed by atoms with van der Waals surface area (Å²) in [6, 6.07) is 13.4. The van der Waals surface area contributed by atoms with Crippen LogP contribution in [0.15, 0.2) is 42.5 Å². The molecular weight excluding hydrogens is 314 g/mol. The second-order valence-corrected chi connectivity index (χ2v) is 6.65. The number of hydrogen-bond donors (Lipinski definition) is 2. The summed E-state index contributed by atoms with van der Waals surface area (Å²) in [5.41, 5.74) is 5.44. The van der Waals surface area contributed by atoms with Crippen LogP contribution in [0.3, 0.4) is 0 Å². The van der Waals surface area contributed by atoms with E-state index in [2.05, 4.69) is 5.32 Å². The van der Waals surface area contributed by atoms with Crippen LogP contribution in [0.2, 0.25) is 0 Å². The highest BCUT2D eigenvalue weighted by atomic mass is 16.4. The normalized spacial score (nSPS) is 11.8. The fourth-order valence-corrected chi connectivity index (χ4v) is 2.77. The summed E-state index contributed by atoms with van der Waals surface area (Å²) in [6.07, 6.45) is 0.670. The zero-order chi connectivity index (χ0) is 18.4. The van der Waals surface area contributed by atoms with Gasteiger partial charge in [0.15, 0.2) is 0 Å². The van der Waals surface area contributed by atoms with Crippen LogP contribution >= 0.6 is 0 Å². The van der Waals surface area contributed by atoms with Crippen LogP contribution in [0.5, 0.6) is 0 Å². The molecule has 4 heteroatoms. The Kier molecular flexibility index (Phi) is 6.34. The second-order valence-electron chi connectivity index (χ2n) is 6.65. The number of amides is 1. The molecule has 0 spiro atoms. The number of carbonyl (C=O) groups excluding carboxylic acids is 1. The minimum absolute atomic E-state index is 0.0907. The SMILES string of the molecule is Cc1ccc(CC(CC(=O)O)NC(=O)Cc2ccc(C)c(C)c2)cc1. The maximum absolute atomic E-state index is 12.3.